The van der Waals surface area contributed by atoms with Crippen molar-refractivity contribution in [1.82, 2.24) is 20.0 Å². The number of aryl methyl sites for hydroxylation is 1. The molecule has 0 saturated heterocycles. The third-order valence-corrected chi connectivity index (χ3v) is 5.15. The van der Waals surface area contributed by atoms with Crippen molar-refractivity contribution in [3.63, 3.8) is 0 Å². The number of hydrogen-bond acceptors (Lipinski definition) is 4. The van der Waals surface area contributed by atoms with Crippen LogP contribution in [0.25, 0.3) is 5.69 Å². The molecule has 0 unspecified atom stereocenters. The molecule has 3 aromatic rings. The van der Waals surface area contributed by atoms with Crippen LogP contribution in [0.3, 0.4) is 0 Å². The van der Waals surface area contributed by atoms with Gasteiger partial charge in [0, 0.05) is 25.2 Å². The number of ether oxygens (including phenoxy) is 2. The standard InChI is InChI=1S/C24H29ClN4O3/c1-4-14-26-24(30)28(15-16-31-3)17-22-18(2)27-29(20-8-6-5-7-9-20)23(22)32-21-12-10-19(25)11-13-21/h5-13H,4,14-17H2,1-3H3,(H,26,30). The van der Waals surface area contributed by atoms with E-state index in [-0.39, 0.29) is 6.03 Å². The number of rotatable bonds is 10. The van der Waals surface area contributed by atoms with Crippen molar-refractivity contribution < 1.29 is 14.3 Å². The van der Waals surface area contributed by atoms with Crippen LogP contribution in [0.15, 0.2) is 54.6 Å². The second-order valence-corrected chi connectivity index (χ2v) is 7.76. The maximum atomic E-state index is 12.8. The summed E-state index contributed by atoms with van der Waals surface area (Å²) in [5, 5.41) is 8.30. The lowest BCUT2D eigenvalue weighted by molar-refractivity contribution is 0.146. The summed E-state index contributed by atoms with van der Waals surface area (Å²) in [5.74, 6) is 1.19. The van der Waals surface area contributed by atoms with Gasteiger partial charge in [-0.1, -0.05) is 36.7 Å². The molecule has 8 heteroatoms. The summed E-state index contributed by atoms with van der Waals surface area (Å²) in [7, 11) is 1.62. The maximum absolute atomic E-state index is 12.8. The minimum atomic E-state index is -0.145. The van der Waals surface area contributed by atoms with E-state index in [1.807, 2.05) is 44.2 Å². The number of aromatic nitrogens is 2. The Bertz CT molecular complexity index is 1010. The van der Waals surface area contributed by atoms with Crippen LogP contribution in [0.4, 0.5) is 4.79 Å². The second kappa shape index (κ2) is 11.5. The molecule has 0 fully saturated rings. The average molecular weight is 457 g/mol. The van der Waals surface area contributed by atoms with Crippen molar-refractivity contribution in [3.05, 3.63) is 70.9 Å². The Morgan fingerprint density at radius 3 is 2.53 bits per heavy atom. The largest absolute Gasteiger partial charge is 0.439 e. The molecule has 0 aliphatic rings. The van der Waals surface area contributed by atoms with Crippen LogP contribution in [-0.2, 0) is 11.3 Å². The predicted octanol–water partition coefficient (Wildman–Crippen LogP) is 5.19. The third-order valence-electron chi connectivity index (χ3n) is 4.89. The van der Waals surface area contributed by atoms with Gasteiger partial charge in [0.1, 0.15) is 5.75 Å². The van der Waals surface area contributed by atoms with Crippen molar-refractivity contribution in [3.8, 4) is 17.3 Å². The molecule has 0 bridgehead atoms. The van der Waals surface area contributed by atoms with E-state index in [0.29, 0.717) is 42.9 Å². The Hall–Kier alpha value is -3.03. The summed E-state index contributed by atoms with van der Waals surface area (Å²) in [5.41, 5.74) is 2.47. The zero-order valence-electron chi connectivity index (χ0n) is 18.7. The number of nitrogens with one attached hydrogen (secondary N) is 1. The van der Waals surface area contributed by atoms with Gasteiger partial charge in [0.25, 0.3) is 0 Å². The Labute approximate surface area is 193 Å². The third kappa shape index (κ3) is 6.02. The van der Waals surface area contributed by atoms with E-state index in [0.717, 1.165) is 23.4 Å². The normalized spacial score (nSPS) is 10.8. The van der Waals surface area contributed by atoms with Gasteiger partial charge >= 0.3 is 6.03 Å². The number of carbonyl (C=O) groups excluding carboxylic acids is 1. The lowest BCUT2D eigenvalue weighted by atomic mass is 10.2. The van der Waals surface area contributed by atoms with E-state index in [9.17, 15) is 4.79 Å². The molecule has 1 aromatic heterocycles. The molecule has 0 radical (unpaired) electrons. The van der Waals surface area contributed by atoms with E-state index >= 15 is 0 Å². The monoisotopic (exact) mass is 456 g/mol. The number of para-hydroxylation sites is 1. The topological polar surface area (TPSA) is 68.6 Å². The van der Waals surface area contributed by atoms with Crippen molar-refractivity contribution in [2.24, 2.45) is 0 Å². The van der Waals surface area contributed by atoms with Crippen LogP contribution < -0.4 is 10.1 Å². The van der Waals surface area contributed by atoms with E-state index in [1.54, 1.807) is 41.0 Å². The first-order valence-corrected chi connectivity index (χ1v) is 11.0. The van der Waals surface area contributed by atoms with Gasteiger partial charge in [-0.15, -0.1) is 0 Å². The summed E-state index contributed by atoms with van der Waals surface area (Å²) in [4.78, 5) is 14.5. The number of halogens is 1. The van der Waals surface area contributed by atoms with E-state index < -0.39 is 0 Å². The van der Waals surface area contributed by atoms with Gasteiger partial charge in [-0.25, -0.2) is 9.48 Å². The SMILES string of the molecule is CCCNC(=O)N(CCOC)Cc1c(C)nn(-c2ccccc2)c1Oc1ccc(Cl)cc1. The number of carbonyl (C=O) groups is 1. The van der Waals surface area contributed by atoms with Crippen molar-refractivity contribution in [2.45, 2.75) is 26.8 Å². The Morgan fingerprint density at radius 1 is 1.16 bits per heavy atom. The van der Waals surface area contributed by atoms with Crippen LogP contribution in [0, 0.1) is 6.92 Å². The molecule has 0 aliphatic carbocycles. The van der Waals surface area contributed by atoms with Gasteiger partial charge in [0.15, 0.2) is 0 Å². The molecule has 170 valence electrons. The lowest BCUT2D eigenvalue weighted by Gasteiger charge is -2.23. The molecule has 3 rings (SSSR count). The molecule has 0 atom stereocenters. The number of benzene rings is 2. The quantitative estimate of drug-likeness (QED) is 0.455. The molecule has 7 nitrogen and oxygen atoms in total. The van der Waals surface area contributed by atoms with Crippen LogP contribution in [0.5, 0.6) is 11.6 Å². The van der Waals surface area contributed by atoms with Gasteiger partial charge in [0.2, 0.25) is 5.88 Å². The Balaban J connectivity index is 1.99. The van der Waals surface area contributed by atoms with Gasteiger partial charge < -0.3 is 19.7 Å². The fraction of sp³-hybridized carbons (Fsp3) is 0.333. The van der Waals surface area contributed by atoms with Gasteiger partial charge in [0.05, 0.1) is 30.1 Å². The van der Waals surface area contributed by atoms with Crippen molar-refractivity contribution in [1.29, 1.82) is 0 Å². The number of urea groups is 1. The molecular formula is C24H29ClN4O3. The van der Waals surface area contributed by atoms with Gasteiger partial charge in [-0.3, -0.25) is 0 Å². The highest BCUT2D eigenvalue weighted by Gasteiger charge is 2.23. The van der Waals surface area contributed by atoms with Gasteiger partial charge in [-0.2, -0.15) is 5.10 Å². The Kier molecular flexibility index (Phi) is 8.53. The first-order valence-electron chi connectivity index (χ1n) is 10.6. The number of nitrogens with zero attached hydrogens (tertiary/aromatic N) is 3. The highest BCUT2D eigenvalue weighted by Crippen LogP contribution is 2.32. The number of amides is 2. The summed E-state index contributed by atoms with van der Waals surface area (Å²) in [6.07, 6.45) is 0.861. The zero-order valence-corrected chi connectivity index (χ0v) is 19.4. The lowest BCUT2D eigenvalue weighted by Crippen LogP contribution is -2.41. The smallest absolute Gasteiger partial charge is 0.317 e. The van der Waals surface area contributed by atoms with E-state index in [1.165, 1.54) is 0 Å². The predicted molar refractivity (Wildman–Crippen MR) is 126 cm³/mol. The molecule has 1 heterocycles. The van der Waals surface area contributed by atoms with Crippen molar-refractivity contribution in [2.75, 3.05) is 26.8 Å². The van der Waals surface area contributed by atoms with Crippen LogP contribution >= 0.6 is 11.6 Å². The van der Waals surface area contributed by atoms with Gasteiger partial charge in [-0.05, 0) is 49.7 Å². The average Bonchev–Trinajstić information content (AvgIpc) is 3.11. The fourth-order valence-corrected chi connectivity index (χ4v) is 3.30. The molecule has 2 amide bonds. The fourth-order valence-electron chi connectivity index (χ4n) is 3.17. The molecule has 0 spiro atoms. The van der Waals surface area contributed by atoms with Crippen LogP contribution in [0.1, 0.15) is 24.6 Å². The summed E-state index contributed by atoms with van der Waals surface area (Å²) >= 11 is 6.03. The minimum Gasteiger partial charge on any atom is -0.439 e. The summed E-state index contributed by atoms with van der Waals surface area (Å²) in [6.45, 7) is 5.76. The first kappa shape index (κ1) is 23.6. The van der Waals surface area contributed by atoms with Crippen molar-refractivity contribution >= 4 is 17.6 Å². The molecule has 2 aromatic carbocycles. The molecule has 1 N–H and O–H groups in total. The highest BCUT2D eigenvalue weighted by atomic mass is 35.5. The molecule has 0 aliphatic heterocycles. The summed E-state index contributed by atoms with van der Waals surface area (Å²) in [6, 6.07) is 16.8. The van der Waals surface area contributed by atoms with E-state index in [4.69, 9.17) is 26.2 Å². The van der Waals surface area contributed by atoms with E-state index in [2.05, 4.69) is 5.32 Å². The zero-order chi connectivity index (χ0) is 22.9. The summed E-state index contributed by atoms with van der Waals surface area (Å²) < 4.78 is 13.3. The Morgan fingerprint density at radius 2 is 1.88 bits per heavy atom. The number of methoxy groups -OCH3 is 1. The molecule has 0 saturated carbocycles. The maximum Gasteiger partial charge on any atom is 0.317 e. The first-order chi connectivity index (χ1) is 15.5. The van der Waals surface area contributed by atoms with Crippen LogP contribution in [-0.4, -0.2) is 47.5 Å². The minimum absolute atomic E-state index is 0.145. The molecular weight excluding hydrogens is 428 g/mol. The highest BCUT2D eigenvalue weighted by molar-refractivity contribution is 6.30. The number of hydrogen-bond donors (Lipinski definition) is 1. The molecule has 32 heavy (non-hydrogen) atoms. The van der Waals surface area contributed by atoms with Crippen LogP contribution in [0.2, 0.25) is 5.02 Å². The second-order valence-electron chi connectivity index (χ2n) is 7.32.